The molecule has 12 rings (SSSR count). The fourth-order valence-electron chi connectivity index (χ4n) is 10.4. The third-order valence-electron chi connectivity index (χ3n) is 13.0. The molecule has 0 saturated carbocycles. The molecule has 8 aromatic carbocycles. The molecule has 0 atom stereocenters. The molecule has 0 bridgehead atoms. The zero-order chi connectivity index (χ0) is 38.6. The SMILES string of the molecule is CC1(C)c2ccccc2-c2cc(-c3nc(-c4ccc(-c5ccccc5)cc4)nc(-c4cccc5c4C4(c6ccccc6-c6ccccc64)c4ccccc4-5)n3)ccc21. The molecule has 3 heteroatoms. The van der Waals surface area contributed by atoms with E-state index in [-0.39, 0.29) is 5.41 Å². The van der Waals surface area contributed by atoms with E-state index in [1.807, 2.05) is 0 Å². The van der Waals surface area contributed by atoms with Crippen LogP contribution >= 0.6 is 0 Å². The van der Waals surface area contributed by atoms with Gasteiger partial charge in [0, 0.05) is 22.1 Å². The Labute approximate surface area is 338 Å². The average molecular weight is 740 g/mol. The first-order valence-corrected chi connectivity index (χ1v) is 20.1. The molecule has 3 aliphatic carbocycles. The van der Waals surface area contributed by atoms with E-state index in [1.165, 1.54) is 72.3 Å². The number of hydrogen-bond donors (Lipinski definition) is 0. The van der Waals surface area contributed by atoms with E-state index in [2.05, 4.69) is 202 Å². The van der Waals surface area contributed by atoms with E-state index in [0.29, 0.717) is 17.5 Å². The Bertz CT molecular complexity index is 3080. The summed E-state index contributed by atoms with van der Waals surface area (Å²) >= 11 is 0. The van der Waals surface area contributed by atoms with Crippen LogP contribution in [0.1, 0.15) is 47.2 Å². The van der Waals surface area contributed by atoms with Crippen molar-refractivity contribution in [2.24, 2.45) is 0 Å². The van der Waals surface area contributed by atoms with Gasteiger partial charge in [-0.3, -0.25) is 0 Å². The predicted molar refractivity (Wildman–Crippen MR) is 235 cm³/mol. The lowest BCUT2D eigenvalue weighted by atomic mass is 9.69. The summed E-state index contributed by atoms with van der Waals surface area (Å²) < 4.78 is 0. The maximum Gasteiger partial charge on any atom is 0.164 e. The minimum Gasteiger partial charge on any atom is -0.208 e. The molecule has 0 unspecified atom stereocenters. The summed E-state index contributed by atoms with van der Waals surface area (Å²) in [5, 5.41) is 0. The van der Waals surface area contributed by atoms with E-state index >= 15 is 0 Å². The van der Waals surface area contributed by atoms with E-state index in [1.54, 1.807) is 0 Å². The zero-order valence-electron chi connectivity index (χ0n) is 32.2. The maximum atomic E-state index is 5.47. The lowest BCUT2D eigenvalue weighted by Gasteiger charge is -2.31. The average Bonchev–Trinajstić information content (AvgIpc) is 3.85. The fourth-order valence-corrected chi connectivity index (χ4v) is 10.4. The van der Waals surface area contributed by atoms with Crippen molar-refractivity contribution in [3.63, 3.8) is 0 Å². The molecular formula is C55H37N3. The molecule has 0 aliphatic heterocycles. The standard InChI is InChI=1S/C55H37N3/c1-54(2)45-23-10-6-20-41(45)44-33-37(31-32-46(44)54)52-56-51(36-29-27-35(28-30-36)34-15-4-3-5-16-34)57-53(58-52)43-22-14-21-42-40-19-9-13-26-49(40)55(50(42)43)47-24-11-7-17-38(47)39-18-8-12-25-48(39)55/h3-33H,1-2H3. The Morgan fingerprint density at radius 3 is 1.34 bits per heavy atom. The van der Waals surface area contributed by atoms with Crippen molar-refractivity contribution in [1.29, 1.82) is 0 Å². The number of rotatable bonds is 4. The van der Waals surface area contributed by atoms with Crippen LogP contribution in [0.3, 0.4) is 0 Å². The molecule has 3 aliphatic rings. The van der Waals surface area contributed by atoms with Gasteiger partial charge >= 0.3 is 0 Å². The van der Waals surface area contributed by atoms with Gasteiger partial charge in [0.05, 0.1) is 5.41 Å². The van der Waals surface area contributed by atoms with Gasteiger partial charge in [-0.1, -0.05) is 196 Å². The summed E-state index contributed by atoms with van der Waals surface area (Å²) in [6.07, 6.45) is 0. The Morgan fingerprint density at radius 2 is 0.707 bits per heavy atom. The fraction of sp³-hybridized carbons (Fsp3) is 0.0727. The minimum absolute atomic E-state index is 0.0951. The Hall–Kier alpha value is -7.23. The van der Waals surface area contributed by atoms with Crippen LogP contribution in [-0.4, -0.2) is 15.0 Å². The van der Waals surface area contributed by atoms with Gasteiger partial charge in [0.2, 0.25) is 0 Å². The molecule has 0 fully saturated rings. The van der Waals surface area contributed by atoms with Crippen LogP contribution in [0, 0.1) is 0 Å². The molecule has 272 valence electrons. The van der Waals surface area contributed by atoms with Crippen LogP contribution in [0.4, 0.5) is 0 Å². The van der Waals surface area contributed by atoms with E-state index in [9.17, 15) is 0 Å². The van der Waals surface area contributed by atoms with Crippen LogP contribution < -0.4 is 0 Å². The number of nitrogens with zero attached hydrogens (tertiary/aromatic N) is 3. The zero-order valence-corrected chi connectivity index (χ0v) is 32.2. The van der Waals surface area contributed by atoms with Crippen LogP contribution in [0.25, 0.3) is 78.7 Å². The largest absolute Gasteiger partial charge is 0.208 e. The first kappa shape index (κ1) is 33.0. The van der Waals surface area contributed by atoms with Gasteiger partial charge in [0.15, 0.2) is 17.5 Å². The second kappa shape index (κ2) is 12.1. The molecule has 0 amide bonds. The van der Waals surface area contributed by atoms with Crippen LogP contribution in [0.2, 0.25) is 0 Å². The molecular weight excluding hydrogens is 703 g/mol. The third kappa shape index (κ3) is 4.47. The number of benzene rings is 8. The molecule has 58 heavy (non-hydrogen) atoms. The lowest BCUT2D eigenvalue weighted by Crippen LogP contribution is -2.26. The minimum atomic E-state index is -0.539. The van der Waals surface area contributed by atoms with Gasteiger partial charge < -0.3 is 0 Å². The second-order valence-corrected chi connectivity index (χ2v) is 16.3. The number of aromatic nitrogens is 3. The molecule has 9 aromatic rings. The van der Waals surface area contributed by atoms with Gasteiger partial charge in [0.25, 0.3) is 0 Å². The van der Waals surface area contributed by atoms with Crippen molar-refractivity contribution >= 4 is 0 Å². The van der Waals surface area contributed by atoms with Gasteiger partial charge in [0.1, 0.15) is 0 Å². The Morgan fingerprint density at radius 1 is 0.293 bits per heavy atom. The number of hydrogen-bond acceptors (Lipinski definition) is 3. The summed E-state index contributed by atoms with van der Waals surface area (Å²) in [6, 6.07) is 68.1. The van der Waals surface area contributed by atoms with Crippen molar-refractivity contribution in [3.8, 4) is 78.7 Å². The molecule has 3 nitrogen and oxygen atoms in total. The van der Waals surface area contributed by atoms with Crippen molar-refractivity contribution in [3.05, 3.63) is 221 Å². The van der Waals surface area contributed by atoms with Gasteiger partial charge in [-0.15, -0.1) is 0 Å². The highest BCUT2D eigenvalue weighted by Crippen LogP contribution is 2.64. The summed E-state index contributed by atoms with van der Waals surface area (Å²) in [7, 11) is 0. The highest BCUT2D eigenvalue weighted by atomic mass is 15.0. The predicted octanol–water partition coefficient (Wildman–Crippen LogP) is 13.2. The normalized spacial score (nSPS) is 14.3. The monoisotopic (exact) mass is 739 g/mol. The maximum absolute atomic E-state index is 5.47. The van der Waals surface area contributed by atoms with E-state index in [4.69, 9.17) is 15.0 Å². The Balaban J connectivity index is 1.12. The quantitative estimate of drug-likeness (QED) is 0.180. The molecule has 0 saturated heterocycles. The van der Waals surface area contributed by atoms with Crippen molar-refractivity contribution < 1.29 is 0 Å². The smallest absolute Gasteiger partial charge is 0.164 e. The summed E-state index contributed by atoms with van der Waals surface area (Å²) in [5.41, 5.74) is 19.9. The molecule has 1 heterocycles. The molecule has 0 N–H and O–H groups in total. The van der Waals surface area contributed by atoms with Gasteiger partial charge in [-0.2, -0.15) is 0 Å². The first-order valence-electron chi connectivity index (χ1n) is 20.1. The lowest BCUT2D eigenvalue weighted by molar-refractivity contribution is 0.660. The van der Waals surface area contributed by atoms with Crippen molar-refractivity contribution in [2.75, 3.05) is 0 Å². The van der Waals surface area contributed by atoms with Crippen LogP contribution in [-0.2, 0) is 10.8 Å². The molecule has 0 radical (unpaired) electrons. The van der Waals surface area contributed by atoms with E-state index < -0.39 is 5.41 Å². The molecule has 1 aromatic heterocycles. The summed E-state index contributed by atoms with van der Waals surface area (Å²) in [6.45, 7) is 4.64. The van der Waals surface area contributed by atoms with E-state index in [0.717, 1.165) is 22.3 Å². The van der Waals surface area contributed by atoms with Crippen LogP contribution in [0.15, 0.2) is 188 Å². The summed E-state index contributed by atoms with van der Waals surface area (Å²) in [4.78, 5) is 16.2. The van der Waals surface area contributed by atoms with Crippen molar-refractivity contribution in [2.45, 2.75) is 24.7 Å². The topological polar surface area (TPSA) is 38.7 Å². The first-order chi connectivity index (χ1) is 28.5. The highest BCUT2D eigenvalue weighted by molar-refractivity contribution is 5.98. The third-order valence-corrected chi connectivity index (χ3v) is 13.0. The van der Waals surface area contributed by atoms with Crippen molar-refractivity contribution in [1.82, 2.24) is 15.0 Å². The highest BCUT2D eigenvalue weighted by Gasteiger charge is 2.53. The van der Waals surface area contributed by atoms with Gasteiger partial charge in [-0.05, 0) is 84.0 Å². The van der Waals surface area contributed by atoms with Crippen LogP contribution in [0.5, 0.6) is 0 Å². The van der Waals surface area contributed by atoms with Gasteiger partial charge in [-0.25, -0.2) is 15.0 Å². The molecule has 1 spiro atoms. The summed E-state index contributed by atoms with van der Waals surface area (Å²) in [5.74, 6) is 1.97. The Kier molecular flexibility index (Phi) is 6.90. The second-order valence-electron chi connectivity index (χ2n) is 16.3. The number of fused-ring (bicyclic) bond motifs is 13.